The summed E-state index contributed by atoms with van der Waals surface area (Å²) in [5.41, 5.74) is 0.335. The quantitative estimate of drug-likeness (QED) is 0.669. The molecule has 2 aliphatic rings. The van der Waals surface area contributed by atoms with Crippen LogP contribution in [-0.2, 0) is 10.0 Å². The Balaban J connectivity index is 1.74. The molecule has 3 rings (SSSR count). The number of rotatable bonds is 7. The second kappa shape index (κ2) is 10.5. The summed E-state index contributed by atoms with van der Waals surface area (Å²) < 4.78 is 33.8. The highest BCUT2D eigenvalue weighted by Gasteiger charge is 2.34. The third kappa shape index (κ3) is 5.83. The molecule has 0 radical (unpaired) electrons. The number of hydrogen-bond acceptors (Lipinski definition) is 5. The van der Waals surface area contributed by atoms with Gasteiger partial charge in [0.25, 0.3) is 5.91 Å². The van der Waals surface area contributed by atoms with Crippen molar-refractivity contribution in [2.45, 2.75) is 57.9 Å². The van der Waals surface area contributed by atoms with Crippen LogP contribution < -0.4 is 10.1 Å². The van der Waals surface area contributed by atoms with E-state index in [0.717, 1.165) is 19.5 Å². The Morgan fingerprint density at radius 3 is 2.47 bits per heavy atom. The molecule has 0 aliphatic carbocycles. The summed E-state index contributed by atoms with van der Waals surface area (Å²) >= 11 is 0. The Kier molecular flexibility index (Phi) is 8.22. The summed E-state index contributed by atoms with van der Waals surface area (Å²) in [4.78, 5) is 15.4. The molecule has 0 saturated carbocycles. The van der Waals surface area contributed by atoms with Crippen LogP contribution >= 0.6 is 0 Å². The van der Waals surface area contributed by atoms with Gasteiger partial charge in [-0.05, 0) is 68.7 Å². The van der Waals surface area contributed by atoms with E-state index in [2.05, 4.69) is 37.9 Å². The molecule has 0 aromatic heterocycles. The van der Waals surface area contributed by atoms with Crippen molar-refractivity contribution in [3.63, 3.8) is 0 Å². The maximum atomic E-state index is 13.4. The minimum absolute atomic E-state index is 0.0619. The van der Waals surface area contributed by atoms with Crippen molar-refractivity contribution in [1.82, 2.24) is 14.5 Å². The van der Waals surface area contributed by atoms with Gasteiger partial charge < -0.3 is 10.1 Å². The molecule has 32 heavy (non-hydrogen) atoms. The Morgan fingerprint density at radius 1 is 1.16 bits per heavy atom. The summed E-state index contributed by atoms with van der Waals surface area (Å²) in [6, 6.07) is 4.90. The van der Waals surface area contributed by atoms with Crippen molar-refractivity contribution in [3.8, 4) is 5.75 Å². The van der Waals surface area contributed by atoms with Crippen molar-refractivity contribution in [2.24, 2.45) is 17.8 Å². The molecule has 0 bridgehead atoms. The Bertz CT molecular complexity index is 895. The van der Waals surface area contributed by atoms with Crippen LogP contribution in [0.15, 0.2) is 23.1 Å². The number of carbonyl (C=O) groups excluding carboxylic acids is 1. The average Bonchev–Trinajstić information content (AvgIpc) is 2.76. The highest BCUT2D eigenvalue weighted by atomic mass is 32.2. The van der Waals surface area contributed by atoms with Crippen molar-refractivity contribution < 1.29 is 17.9 Å². The lowest BCUT2D eigenvalue weighted by molar-refractivity contribution is 0.0917. The fourth-order valence-corrected chi connectivity index (χ4v) is 6.92. The first-order chi connectivity index (χ1) is 15.1. The summed E-state index contributed by atoms with van der Waals surface area (Å²) in [6.45, 7) is 12.1. The Morgan fingerprint density at radius 2 is 1.84 bits per heavy atom. The van der Waals surface area contributed by atoms with E-state index in [4.69, 9.17) is 4.74 Å². The SMILES string of the molecule is COc1ccc(C(=O)NCC(C)N2CCCC(C)C2)cc1S(=O)(=O)N1CC(C)CC(C)C1. The third-order valence-corrected chi connectivity index (χ3v) is 8.60. The number of amides is 1. The lowest BCUT2D eigenvalue weighted by Crippen LogP contribution is -2.46. The smallest absolute Gasteiger partial charge is 0.251 e. The lowest BCUT2D eigenvalue weighted by atomic mass is 9.94. The van der Waals surface area contributed by atoms with E-state index in [9.17, 15) is 13.2 Å². The van der Waals surface area contributed by atoms with Gasteiger partial charge in [0, 0.05) is 37.8 Å². The van der Waals surface area contributed by atoms with Gasteiger partial charge in [0.2, 0.25) is 10.0 Å². The fraction of sp³-hybridized carbons (Fsp3) is 0.708. The zero-order valence-corrected chi connectivity index (χ0v) is 21.0. The van der Waals surface area contributed by atoms with Crippen molar-refractivity contribution in [1.29, 1.82) is 0 Å². The van der Waals surface area contributed by atoms with Crippen molar-refractivity contribution in [2.75, 3.05) is 39.8 Å². The fourth-order valence-electron chi connectivity index (χ4n) is 5.06. The first-order valence-electron chi connectivity index (χ1n) is 11.8. The Labute approximate surface area is 193 Å². The van der Waals surface area contributed by atoms with Crippen LogP contribution in [-0.4, -0.2) is 69.4 Å². The van der Waals surface area contributed by atoms with Gasteiger partial charge in [-0.1, -0.05) is 20.8 Å². The number of carbonyl (C=O) groups is 1. The lowest BCUT2D eigenvalue weighted by Gasteiger charge is -2.35. The number of ether oxygens (including phenoxy) is 1. The molecule has 1 amide bonds. The van der Waals surface area contributed by atoms with E-state index in [0.29, 0.717) is 43.0 Å². The summed E-state index contributed by atoms with van der Waals surface area (Å²) in [5.74, 6) is 1.27. The normalized spacial score (nSPS) is 26.5. The second-order valence-corrected chi connectivity index (χ2v) is 11.8. The van der Waals surface area contributed by atoms with Crippen LogP contribution in [0.5, 0.6) is 5.75 Å². The van der Waals surface area contributed by atoms with E-state index in [-0.39, 0.29) is 22.6 Å². The van der Waals surface area contributed by atoms with Crippen LogP contribution in [0.4, 0.5) is 0 Å². The molecule has 2 heterocycles. The first-order valence-corrected chi connectivity index (χ1v) is 13.3. The highest BCUT2D eigenvalue weighted by Crippen LogP contribution is 2.32. The molecule has 4 atom stereocenters. The highest BCUT2D eigenvalue weighted by molar-refractivity contribution is 7.89. The summed E-state index contributed by atoms with van der Waals surface area (Å²) in [6.07, 6.45) is 3.46. The maximum absolute atomic E-state index is 13.4. The number of likely N-dealkylation sites (tertiary alicyclic amines) is 1. The van der Waals surface area contributed by atoms with Crippen LogP contribution in [0.1, 0.15) is 57.3 Å². The third-order valence-electron chi connectivity index (χ3n) is 6.75. The number of hydrogen-bond donors (Lipinski definition) is 1. The topological polar surface area (TPSA) is 79.0 Å². The number of sulfonamides is 1. The zero-order chi connectivity index (χ0) is 23.5. The van der Waals surface area contributed by atoms with E-state index in [1.165, 1.54) is 30.3 Å². The van der Waals surface area contributed by atoms with Gasteiger partial charge in [-0.2, -0.15) is 4.31 Å². The van der Waals surface area contributed by atoms with Crippen molar-refractivity contribution >= 4 is 15.9 Å². The number of methoxy groups -OCH3 is 1. The molecule has 2 fully saturated rings. The molecular formula is C24H39N3O4S. The molecule has 4 unspecified atom stereocenters. The largest absolute Gasteiger partial charge is 0.495 e. The van der Waals surface area contributed by atoms with E-state index in [1.807, 2.05) is 0 Å². The molecule has 180 valence electrons. The number of nitrogens with one attached hydrogen (secondary N) is 1. The number of benzene rings is 1. The molecule has 1 N–H and O–H groups in total. The number of nitrogens with zero attached hydrogens (tertiary/aromatic N) is 2. The van der Waals surface area contributed by atoms with Crippen LogP contribution in [0, 0.1) is 17.8 Å². The zero-order valence-electron chi connectivity index (χ0n) is 20.1. The van der Waals surface area contributed by atoms with Gasteiger partial charge in [0.1, 0.15) is 10.6 Å². The molecule has 1 aromatic carbocycles. The van der Waals surface area contributed by atoms with Crippen molar-refractivity contribution in [3.05, 3.63) is 23.8 Å². The Hall–Kier alpha value is -1.64. The molecule has 1 aromatic rings. The van der Waals surface area contributed by atoms with E-state index in [1.54, 1.807) is 12.1 Å². The van der Waals surface area contributed by atoms with Crippen LogP contribution in [0.3, 0.4) is 0 Å². The van der Waals surface area contributed by atoms with Gasteiger partial charge in [-0.25, -0.2) is 8.42 Å². The minimum atomic E-state index is -3.76. The van der Waals surface area contributed by atoms with Gasteiger partial charge in [0.15, 0.2) is 0 Å². The van der Waals surface area contributed by atoms with E-state index >= 15 is 0 Å². The predicted octanol–water partition coefficient (Wildman–Crippen LogP) is 3.21. The standard InChI is InChI=1S/C24H39N3O4S/c1-17-7-6-10-26(14-17)20(4)13-25-24(28)21-8-9-22(31-5)23(12-21)32(29,30)27-15-18(2)11-19(3)16-27/h8-9,12,17-20H,6-7,10-11,13-16H2,1-5H3,(H,25,28). The number of piperidine rings is 2. The van der Waals surface area contributed by atoms with Crippen LogP contribution in [0.25, 0.3) is 0 Å². The molecule has 8 heteroatoms. The van der Waals surface area contributed by atoms with Crippen LogP contribution in [0.2, 0.25) is 0 Å². The second-order valence-electron chi connectivity index (χ2n) is 9.94. The maximum Gasteiger partial charge on any atom is 0.251 e. The average molecular weight is 466 g/mol. The molecule has 2 aliphatic heterocycles. The van der Waals surface area contributed by atoms with Gasteiger partial charge in [-0.15, -0.1) is 0 Å². The molecule has 7 nitrogen and oxygen atoms in total. The van der Waals surface area contributed by atoms with E-state index < -0.39 is 10.0 Å². The first kappa shape index (κ1) is 25.0. The van der Waals surface area contributed by atoms with Gasteiger partial charge in [0.05, 0.1) is 7.11 Å². The molecular weight excluding hydrogens is 426 g/mol. The minimum Gasteiger partial charge on any atom is -0.495 e. The predicted molar refractivity (Wildman–Crippen MR) is 126 cm³/mol. The monoisotopic (exact) mass is 465 g/mol. The molecule has 2 saturated heterocycles. The van der Waals surface area contributed by atoms with Gasteiger partial charge >= 0.3 is 0 Å². The molecule has 0 spiro atoms. The summed E-state index contributed by atoms with van der Waals surface area (Å²) in [5, 5.41) is 2.99. The van der Waals surface area contributed by atoms with Gasteiger partial charge in [-0.3, -0.25) is 9.69 Å². The summed E-state index contributed by atoms with van der Waals surface area (Å²) in [7, 11) is -2.31.